The maximum absolute atomic E-state index is 12.7. The van der Waals surface area contributed by atoms with Gasteiger partial charge in [-0.05, 0) is 24.8 Å². The molecule has 3 aliphatic rings. The highest BCUT2D eigenvalue weighted by Gasteiger charge is 2.60. The molecule has 0 aromatic carbocycles. The number of amides is 1. The van der Waals surface area contributed by atoms with Gasteiger partial charge in [0.05, 0.1) is 12.1 Å². The van der Waals surface area contributed by atoms with E-state index in [4.69, 9.17) is 0 Å². The zero-order valence-corrected chi connectivity index (χ0v) is 12.8. The van der Waals surface area contributed by atoms with Crippen molar-refractivity contribution in [1.82, 2.24) is 24.6 Å². The van der Waals surface area contributed by atoms with Crippen molar-refractivity contribution in [1.29, 1.82) is 0 Å². The number of aromatic amines is 1. The van der Waals surface area contributed by atoms with Gasteiger partial charge in [0.2, 0.25) is 5.91 Å². The molecule has 1 N–H and O–H groups in total. The van der Waals surface area contributed by atoms with Crippen molar-refractivity contribution in [2.24, 2.45) is 5.92 Å². The molecule has 6 nitrogen and oxygen atoms in total. The molecule has 9 heteroatoms. The molecule has 0 atom stereocenters. The van der Waals surface area contributed by atoms with Gasteiger partial charge in [0.1, 0.15) is 17.9 Å². The van der Waals surface area contributed by atoms with Crippen LogP contribution in [-0.4, -0.2) is 43.3 Å². The lowest BCUT2D eigenvalue weighted by molar-refractivity contribution is -0.142. The quantitative estimate of drug-likeness (QED) is 0.925. The number of halogens is 3. The second-order valence-electron chi connectivity index (χ2n) is 6.54. The van der Waals surface area contributed by atoms with Crippen LogP contribution in [0.2, 0.25) is 0 Å². The molecule has 2 bridgehead atoms. The molecular formula is C15H16F3N5O. The summed E-state index contributed by atoms with van der Waals surface area (Å²) in [7, 11) is 0. The first-order valence-electron chi connectivity index (χ1n) is 7.75. The Kier molecular flexibility index (Phi) is 3.23. The number of carbonyl (C=O) groups is 1. The number of fused-ring (bicyclic) bond motifs is 1. The summed E-state index contributed by atoms with van der Waals surface area (Å²) in [6, 6.07) is 1.46. The minimum Gasteiger partial charge on any atom is -0.347 e. The zero-order valence-electron chi connectivity index (χ0n) is 12.8. The number of imidazole rings is 1. The van der Waals surface area contributed by atoms with Crippen molar-refractivity contribution < 1.29 is 18.0 Å². The Labute approximate surface area is 135 Å². The molecule has 0 radical (unpaired) electrons. The Morgan fingerprint density at radius 1 is 1.42 bits per heavy atom. The summed E-state index contributed by atoms with van der Waals surface area (Å²) in [5.74, 6) is 1.14. The lowest BCUT2D eigenvalue weighted by Gasteiger charge is -2.40. The van der Waals surface area contributed by atoms with Gasteiger partial charge >= 0.3 is 6.18 Å². The summed E-state index contributed by atoms with van der Waals surface area (Å²) in [6.07, 6.45) is 2.09. The molecular weight excluding hydrogens is 323 g/mol. The van der Waals surface area contributed by atoms with E-state index in [0.29, 0.717) is 18.2 Å². The molecule has 4 heterocycles. The standard InChI is InChI=1S/C15H16F3N5O/c16-15(17,18)9-22-4-1-11(21-22)5-12(24)23-8-10-6-14(23,7-10)13-19-2-3-20-13/h1-4,10H,5-9H2,(H,19,20). The molecule has 2 saturated heterocycles. The Morgan fingerprint density at radius 3 is 2.88 bits per heavy atom. The number of nitrogens with zero attached hydrogens (tertiary/aromatic N) is 4. The highest BCUT2D eigenvalue weighted by atomic mass is 19.4. The molecule has 0 unspecified atom stereocenters. The molecule has 1 saturated carbocycles. The monoisotopic (exact) mass is 339 g/mol. The Morgan fingerprint density at radius 2 is 2.21 bits per heavy atom. The predicted molar refractivity (Wildman–Crippen MR) is 76.7 cm³/mol. The molecule has 2 aromatic rings. The van der Waals surface area contributed by atoms with Gasteiger partial charge < -0.3 is 9.88 Å². The van der Waals surface area contributed by atoms with E-state index in [2.05, 4.69) is 15.1 Å². The fraction of sp³-hybridized carbons (Fsp3) is 0.533. The van der Waals surface area contributed by atoms with Gasteiger partial charge in [0.25, 0.3) is 0 Å². The van der Waals surface area contributed by atoms with Crippen LogP contribution in [0.25, 0.3) is 0 Å². The summed E-state index contributed by atoms with van der Waals surface area (Å²) in [5.41, 5.74) is -0.0253. The Hall–Kier alpha value is -2.32. The molecule has 128 valence electrons. The van der Waals surface area contributed by atoms with Crippen LogP contribution in [0.3, 0.4) is 0 Å². The molecule has 5 rings (SSSR count). The van der Waals surface area contributed by atoms with Crippen molar-refractivity contribution in [2.75, 3.05) is 6.54 Å². The number of H-pyrrole nitrogens is 1. The van der Waals surface area contributed by atoms with Crippen molar-refractivity contribution in [3.05, 3.63) is 36.2 Å². The molecule has 24 heavy (non-hydrogen) atoms. The molecule has 0 spiro atoms. The van der Waals surface area contributed by atoms with Crippen molar-refractivity contribution >= 4 is 5.91 Å². The average molecular weight is 339 g/mol. The van der Waals surface area contributed by atoms with Crippen LogP contribution in [0.15, 0.2) is 24.7 Å². The largest absolute Gasteiger partial charge is 0.408 e. The van der Waals surface area contributed by atoms with E-state index in [-0.39, 0.29) is 17.9 Å². The van der Waals surface area contributed by atoms with Crippen molar-refractivity contribution in [3.63, 3.8) is 0 Å². The number of hydrogen-bond acceptors (Lipinski definition) is 3. The van der Waals surface area contributed by atoms with E-state index in [9.17, 15) is 18.0 Å². The minimum atomic E-state index is -4.33. The SMILES string of the molecule is O=C(Cc1ccn(CC(F)(F)F)n1)N1CC2CC1(c1ncc[nH]1)C2. The van der Waals surface area contributed by atoms with Gasteiger partial charge in [-0.3, -0.25) is 9.48 Å². The third kappa shape index (κ3) is 2.47. The molecule has 2 aromatic heterocycles. The number of nitrogens with one attached hydrogen (secondary N) is 1. The third-order valence-electron chi connectivity index (χ3n) is 4.82. The lowest BCUT2D eigenvalue weighted by Crippen LogP contribution is -2.47. The van der Waals surface area contributed by atoms with Crippen molar-refractivity contribution in [2.45, 2.75) is 37.5 Å². The number of carbonyl (C=O) groups excluding carboxylic acids is 1. The van der Waals surface area contributed by atoms with Crippen LogP contribution in [-0.2, 0) is 23.3 Å². The first kappa shape index (κ1) is 15.2. The lowest BCUT2D eigenvalue weighted by atomic mass is 9.72. The normalized spacial score (nSPS) is 25.8. The Balaban J connectivity index is 1.47. The van der Waals surface area contributed by atoms with Gasteiger partial charge in [0, 0.05) is 25.1 Å². The van der Waals surface area contributed by atoms with Gasteiger partial charge in [-0.1, -0.05) is 0 Å². The van der Waals surface area contributed by atoms with E-state index < -0.39 is 12.7 Å². The van der Waals surface area contributed by atoms with Crippen LogP contribution >= 0.6 is 0 Å². The van der Waals surface area contributed by atoms with Crippen LogP contribution in [0.5, 0.6) is 0 Å². The molecule has 1 aliphatic carbocycles. The summed E-state index contributed by atoms with van der Waals surface area (Å²) < 4.78 is 37.9. The second kappa shape index (κ2) is 5.09. The molecule has 2 aliphatic heterocycles. The minimum absolute atomic E-state index is 0.0000354. The number of hydrogen-bond donors (Lipinski definition) is 1. The first-order chi connectivity index (χ1) is 11.4. The highest BCUT2D eigenvalue weighted by molar-refractivity contribution is 5.80. The second-order valence-corrected chi connectivity index (χ2v) is 6.54. The average Bonchev–Trinajstić information content (AvgIpc) is 3.18. The summed E-state index contributed by atoms with van der Waals surface area (Å²) in [4.78, 5) is 21.8. The zero-order chi connectivity index (χ0) is 16.9. The molecule has 3 fully saturated rings. The van der Waals surface area contributed by atoms with E-state index in [0.717, 1.165) is 23.3 Å². The predicted octanol–water partition coefficient (Wildman–Crippen LogP) is 1.86. The summed E-state index contributed by atoms with van der Waals surface area (Å²) >= 11 is 0. The number of aromatic nitrogens is 4. The maximum Gasteiger partial charge on any atom is 0.408 e. The maximum atomic E-state index is 12.7. The van der Waals surface area contributed by atoms with E-state index in [1.807, 2.05) is 0 Å². The van der Waals surface area contributed by atoms with Crippen LogP contribution < -0.4 is 0 Å². The van der Waals surface area contributed by atoms with Gasteiger partial charge in [0.15, 0.2) is 0 Å². The van der Waals surface area contributed by atoms with E-state index in [1.54, 1.807) is 17.3 Å². The van der Waals surface area contributed by atoms with Crippen LogP contribution in [0.1, 0.15) is 24.4 Å². The smallest absolute Gasteiger partial charge is 0.347 e. The van der Waals surface area contributed by atoms with Crippen molar-refractivity contribution in [3.8, 4) is 0 Å². The van der Waals surface area contributed by atoms with Gasteiger partial charge in [-0.15, -0.1) is 0 Å². The van der Waals surface area contributed by atoms with E-state index in [1.165, 1.54) is 12.3 Å². The summed E-state index contributed by atoms with van der Waals surface area (Å²) in [5, 5.41) is 3.86. The number of rotatable bonds is 4. The number of alkyl halides is 3. The van der Waals surface area contributed by atoms with Gasteiger partial charge in [-0.2, -0.15) is 18.3 Å². The summed E-state index contributed by atoms with van der Waals surface area (Å²) in [6.45, 7) is -0.480. The Bertz CT molecular complexity index is 746. The molecule has 1 amide bonds. The fourth-order valence-electron chi connectivity index (χ4n) is 3.88. The highest BCUT2D eigenvalue weighted by Crippen LogP contribution is 2.56. The first-order valence-corrected chi connectivity index (χ1v) is 7.75. The topological polar surface area (TPSA) is 66.8 Å². The fourth-order valence-corrected chi connectivity index (χ4v) is 3.88. The van der Waals surface area contributed by atoms with E-state index >= 15 is 0 Å². The van der Waals surface area contributed by atoms with Gasteiger partial charge in [-0.25, -0.2) is 4.98 Å². The van der Waals surface area contributed by atoms with Crippen LogP contribution in [0, 0.1) is 5.92 Å². The van der Waals surface area contributed by atoms with Crippen LogP contribution in [0.4, 0.5) is 13.2 Å². The third-order valence-corrected chi connectivity index (χ3v) is 4.82.